The van der Waals surface area contributed by atoms with Gasteiger partial charge in [0.2, 0.25) is 5.91 Å². The summed E-state index contributed by atoms with van der Waals surface area (Å²) in [7, 11) is 1.53. The standard InChI is InChI=1S/C22H28N4O5/c1-29-13-14-31-22(28)25-19-4-2-3-18(15-19)23-16-21(27)24-17-5-7-20(8-6-17)26-9-11-30-12-10-26/h2-8,15,23H,9-14,16H2,1H3,(H,24,27)(H,25,28). The fourth-order valence-corrected chi connectivity index (χ4v) is 3.04. The Morgan fingerprint density at radius 1 is 0.968 bits per heavy atom. The molecule has 0 atom stereocenters. The van der Waals surface area contributed by atoms with Crippen LogP contribution in [-0.4, -0.2) is 65.2 Å². The molecule has 2 amide bonds. The van der Waals surface area contributed by atoms with Crippen molar-refractivity contribution in [2.45, 2.75) is 0 Å². The van der Waals surface area contributed by atoms with Crippen molar-refractivity contribution in [3.8, 4) is 0 Å². The van der Waals surface area contributed by atoms with Crippen LogP contribution in [0.3, 0.4) is 0 Å². The predicted octanol–water partition coefficient (Wildman–Crippen LogP) is 2.77. The summed E-state index contributed by atoms with van der Waals surface area (Å²) in [6.07, 6.45) is -0.563. The van der Waals surface area contributed by atoms with E-state index in [1.165, 1.54) is 7.11 Å². The number of rotatable bonds is 9. The molecule has 0 saturated carbocycles. The summed E-state index contributed by atoms with van der Waals surface area (Å²) < 4.78 is 15.2. The van der Waals surface area contributed by atoms with Gasteiger partial charge in [-0.3, -0.25) is 10.1 Å². The Balaban J connectivity index is 1.44. The molecule has 1 saturated heterocycles. The van der Waals surface area contributed by atoms with Gasteiger partial charge in [-0.2, -0.15) is 0 Å². The first-order valence-electron chi connectivity index (χ1n) is 10.1. The minimum atomic E-state index is -0.563. The number of hydrogen-bond donors (Lipinski definition) is 3. The highest BCUT2D eigenvalue weighted by Crippen LogP contribution is 2.19. The van der Waals surface area contributed by atoms with E-state index in [2.05, 4.69) is 20.9 Å². The largest absolute Gasteiger partial charge is 0.447 e. The lowest BCUT2D eigenvalue weighted by atomic mass is 10.2. The first-order chi connectivity index (χ1) is 15.1. The molecule has 3 N–H and O–H groups in total. The highest BCUT2D eigenvalue weighted by Gasteiger charge is 2.11. The Bertz CT molecular complexity index is 853. The fourth-order valence-electron chi connectivity index (χ4n) is 3.04. The Kier molecular flexibility index (Phi) is 8.50. The highest BCUT2D eigenvalue weighted by atomic mass is 16.6. The quantitative estimate of drug-likeness (QED) is 0.528. The highest BCUT2D eigenvalue weighted by molar-refractivity contribution is 5.94. The molecule has 0 spiro atoms. The van der Waals surface area contributed by atoms with E-state index in [1.807, 2.05) is 30.3 Å². The molecule has 1 fully saturated rings. The van der Waals surface area contributed by atoms with Crippen LogP contribution < -0.4 is 20.9 Å². The molecule has 2 aromatic rings. The van der Waals surface area contributed by atoms with Crippen molar-refractivity contribution >= 4 is 34.7 Å². The van der Waals surface area contributed by atoms with Gasteiger partial charge in [0.1, 0.15) is 6.61 Å². The van der Waals surface area contributed by atoms with Crippen molar-refractivity contribution in [2.75, 3.05) is 74.0 Å². The summed E-state index contributed by atoms with van der Waals surface area (Å²) in [6, 6.07) is 14.8. The maximum Gasteiger partial charge on any atom is 0.411 e. The topological polar surface area (TPSA) is 101 Å². The van der Waals surface area contributed by atoms with Gasteiger partial charge >= 0.3 is 6.09 Å². The zero-order chi connectivity index (χ0) is 21.9. The van der Waals surface area contributed by atoms with E-state index in [0.29, 0.717) is 18.0 Å². The van der Waals surface area contributed by atoms with E-state index >= 15 is 0 Å². The Hall–Kier alpha value is -3.30. The average molecular weight is 428 g/mol. The number of nitrogens with one attached hydrogen (secondary N) is 3. The number of amides is 2. The van der Waals surface area contributed by atoms with E-state index < -0.39 is 6.09 Å². The van der Waals surface area contributed by atoms with Crippen LogP contribution in [0.25, 0.3) is 0 Å². The third-order valence-electron chi connectivity index (χ3n) is 4.61. The van der Waals surface area contributed by atoms with Gasteiger partial charge in [0.05, 0.1) is 26.4 Å². The van der Waals surface area contributed by atoms with Gasteiger partial charge in [-0.25, -0.2) is 4.79 Å². The SMILES string of the molecule is COCCOC(=O)Nc1cccc(NCC(=O)Nc2ccc(N3CCOCC3)cc2)c1. The molecule has 0 bridgehead atoms. The number of anilines is 4. The van der Waals surface area contributed by atoms with Gasteiger partial charge in [-0.05, 0) is 42.5 Å². The third-order valence-corrected chi connectivity index (χ3v) is 4.61. The summed E-state index contributed by atoms with van der Waals surface area (Å²) in [5.74, 6) is -0.170. The lowest BCUT2D eigenvalue weighted by molar-refractivity contribution is -0.114. The summed E-state index contributed by atoms with van der Waals surface area (Å²) in [5.41, 5.74) is 3.11. The van der Waals surface area contributed by atoms with E-state index in [-0.39, 0.29) is 19.1 Å². The first kappa shape index (κ1) is 22.4. The Morgan fingerprint density at radius 2 is 1.71 bits per heavy atom. The van der Waals surface area contributed by atoms with Crippen LogP contribution in [0.4, 0.5) is 27.5 Å². The van der Waals surface area contributed by atoms with Gasteiger partial charge in [-0.15, -0.1) is 0 Å². The van der Waals surface area contributed by atoms with Crippen LogP contribution in [0.5, 0.6) is 0 Å². The van der Waals surface area contributed by atoms with Crippen LogP contribution in [0.2, 0.25) is 0 Å². The van der Waals surface area contributed by atoms with Crippen LogP contribution in [0.1, 0.15) is 0 Å². The first-order valence-corrected chi connectivity index (χ1v) is 10.1. The summed E-state index contributed by atoms with van der Waals surface area (Å²) in [5, 5.41) is 8.55. The molecule has 0 aromatic heterocycles. The van der Waals surface area contributed by atoms with Gasteiger partial charge in [0, 0.05) is 42.9 Å². The van der Waals surface area contributed by atoms with Crippen molar-refractivity contribution in [1.82, 2.24) is 0 Å². The van der Waals surface area contributed by atoms with Crippen molar-refractivity contribution in [3.63, 3.8) is 0 Å². The second-order valence-corrected chi connectivity index (χ2v) is 6.88. The second kappa shape index (κ2) is 11.8. The molecule has 0 radical (unpaired) electrons. The molecular weight excluding hydrogens is 400 g/mol. The zero-order valence-corrected chi connectivity index (χ0v) is 17.6. The van der Waals surface area contributed by atoms with E-state index in [4.69, 9.17) is 14.2 Å². The van der Waals surface area contributed by atoms with Gasteiger partial charge < -0.3 is 29.7 Å². The molecule has 1 heterocycles. The molecule has 0 unspecified atom stereocenters. The summed E-state index contributed by atoms with van der Waals surface area (Å²) in [4.78, 5) is 26.2. The number of morpholine rings is 1. The number of benzene rings is 2. The van der Waals surface area contributed by atoms with Gasteiger partial charge in [-0.1, -0.05) is 6.07 Å². The number of ether oxygens (including phenoxy) is 3. The van der Waals surface area contributed by atoms with Crippen molar-refractivity contribution in [3.05, 3.63) is 48.5 Å². The van der Waals surface area contributed by atoms with E-state index in [0.717, 1.165) is 37.7 Å². The average Bonchev–Trinajstić information content (AvgIpc) is 2.79. The van der Waals surface area contributed by atoms with Gasteiger partial charge in [0.15, 0.2) is 0 Å². The number of carbonyl (C=O) groups excluding carboxylic acids is 2. The lowest BCUT2D eigenvalue weighted by Crippen LogP contribution is -2.36. The van der Waals surface area contributed by atoms with Crippen molar-refractivity contribution in [2.24, 2.45) is 0 Å². The monoisotopic (exact) mass is 428 g/mol. The molecule has 3 rings (SSSR count). The van der Waals surface area contributed by atoms with Crippen LogP contribution in [0, 0.1) is 0 Å². The Morgan fingerprint density at radius 3 is 2.45 bits per heavy atom. The number of methoxy groups -OCH3 is 1. The fraction of sp³-hybridized carbons (Fsp3) is 0.364. The maximum absolute atomic E-state index is 12.3. The van der Waals surface area contributed by atoms with Crippen LogP contribution in [0.15, 0.2) is 48.5 Å². The molecule has 1 aliphatic heterocycles. The molecule has 166 valence electrons. The van der Waals surface area contributed by atoms with Crippen LogP contribution in [-0.2, 0) is 19.0 Å². The second-order valence-electron chi connectivity index (χ2n) is 6.88. The van der Waals surface area contributed by atoms with E-state index in [9.17, 15) is 9.59 Å². The summed E-state index contributed by atoms with van der Waals surface area (Å²) >= 11 is 0. The third kappa shape index (κ3) is 7.47. The molecule has 2 aromatic carbocycles. The van der Waals surface area contributed by atoms with Gasteiger partial charge in [0.25, 0.3) is 0 Å². The smallest absolute Gasteiger partial charge is 0.411 e. The number of carbonyl (C=O) groups is 2. The molecule has 31 heavy (non-hydrogen) atoms. The number of hydrogen-bond acceptors (Lipinski definition) is 7. The normalized spacial score (nSPS) is 13.4. The zero-order valence-electron chi connectivity index (χ0n) is 17.6. The van der Waals surface area contributed by atoms with E-state index in [1.54, 1.807) is 18.2 Å². The molecular formula is C22H28N4O5. The molecule has 0 aliphatic carbocycles. The van der Waals surface area contributed by atoms with Crippen LogP contribution >= 0.6 is 0 Å². The minimum Gasteiger partial charge on any atom is -0.447 e. The number of nitrogens with zero attached hydrogens (tertiary/aromatic N) is 1. The molecule has 9 heteroatoms. The summed E-state index contributed by atoms with van der Waals surface area (Å²) in [6.45, 7) is 3.80. The molecule has 9 nitrogen and oxygen atoms in total. The minimum absolute atomic E-state index is 0.0902. The van der Waals surface area contributed by atoms with Crippen molar-refractivity contribution < 1.29 is 23.8 Å². The van der Waals surface area contributed by atoms with Crippen molar-refractivity contribution in [1.29, 1.82) is 0 Å². The lowest BCUT2D eigenvalue weighted by Gasteiger charge is -2.28. The predicted molar refractivity (Wildman–Crippen MR) is 120 cm³/mol. The maximum atomic E-state index is 12.3. The molecule has 1 aliphatic rings. The Labute approximate surface area is 181 Å².